The molecule has 2 aromatic carbocycles. The summed E-state index contributed by atoms with van der Waals surface area (Å²) in [6.45, 7) is 6.87. The minimum Gasteiger partial charge on any atom is -0.495 e. The van der Waals surface area contributed by atoms with E-state index in [-0.39, 0.29) is 5.11 Å². The molecule has 0 bridgehead atoms. The van der Waals surface area contributed by atoms with Gasteiger partial charge in [-0.1, -0.05) is 12.1 Å². The Morgan fingerprint density at radius 2 is 1.52 bits per heavy atom. The zero-order valence-corrected chi connectivity index (χ0v) is 17.9. The van der Waals surface area contributed by atoms with Crippen molar-refractivity contribution in [2.75, 3.05) is 32.2 Å². The van der Waals surface area contributed by atoms with Crippen LogP contribution < -0.4 is 29.6 Å². The van der Waals surface area contributed by atoms with Gasteiger partial charge in [0, 0.05) is 5.56 Å². The summed E-state index contributed by atoms with van der Waals surface area (Å²) in [6.07, 6.45) is 0. The number of hydrogen-bond acceptors (Lipinski definition) is 6. The van der Waals surface area contributed by atoms with Crippen LogP contribution in [0.25, 0.3) is 0 Å². The third kappa shape index (κ3) is 5.99. The Balaban J connectivity index is 2.23. The molecule has 0 spiro atoms. The van der Waals surface area contributed by atoms with Gasteiger partial charge in [0.15, 0.2) is 16.6 Å². The van der Waals surface area contributed by atoms with Crippen LogP contribution in [0, 0.1) is 0 Å². The zero-order valence-electron chi connectivity index (χ0n) is 17.0. The van der Waals surface area contributed by atoms with E-state index in [9.17, 15) is 4.79 Å². The number of rotatable bonds is 9. The molecule has 0 aliphatic heterocycles. The van der Waals surface area contributed by atoms with Gasteiger partial charge in [-0.2, -0.15) is 0 Å². The number of hydrogen-bond donors (Lipinski definition) is 2. The molecule has 2 rings (SSSR count). The third-order valence-electron chi connectivity index (χ3n) is 3.75. The second kappa shape index (κ2) is 11.1. The van der Waals surface area contributed by atoms with Crippen molar-refractivity contribution in [2.45, 2.75) is 20.8 Å². The van der Waals surface area contributed by atoms with E-state index in [4.69, 9.17) is 31.2 Å². The van der Waals surface area contributed by atoms with Crippen molar-refractivity contribution < 1.29 is 23.7 Å². The molecule has 0 aromatic heterocycles. The lowest BCUT2D eigenvalue weighted by atomic mass is 10.1. The molecular formula is C21H26N2O5S. The fourth-order valence-corrected chi connectivity index (χ4v) is 2.80. The van der Waals surface area contributed by atoms with Crippen molar-refractivity contribution in [1.29, 1.82) is 0 Å². The van der Waals surface area contributed by atoms with Crippen LogP contribution in [0.5, 0.6) is 23.0 Å². The smallest absolute Gasteiger partial charge is 0.257 e. The first-order chi connectivity index (χ1) is 14.0. The van der Waals surface area contributed by atoms with Crippen molar-refractivity contribution in [3.05, 3.63) is 42.0 Å². The zero-order chi connectivity index (χ0) is 21.2. The molecule has 1 amide bonds. The largest absolute Gasteiger partial charge is 0.495 e. The summed E-state index contributed by atoms with van der Waals surface area (Å²) in [5.74, 6) is 1.57. The SMILES string of the molecule is CCOc1cc(C(=O)NC(=S)Nc2ccccc2OC)cc(OCC)c1OCC. The molecule has 0 aliphatic rings. The molecule has 29 heavy (non-hydrogen) atoms. The Hall–Kier alpha value is -3.00. The number of carbonyl (C=O) groups excluding carboxylic acids is 1. The molecule has 8 heteroatoms. The molecule has 0 saturated carbocycles. The Kier molecular flexibility index (Phi) is 8.54. The van der Waals surface area contributed by atoms with E-state index in [0.29, 0.717) is 54.1 Å². The van der Waals surface area contributed by atoms with Crippen LogP contribution in [0.15, 0.2) is 36.4 Å². The normalized spacial score (nSPS) is 10.1. The van der Waals surface area contributed by atoms with Crippen LogP contribution in [0.2, 0.25) is 0 Å². The first-order valence-electron chi connectivity index (χ1n) is 9.35. The average Bonchev–Trinajstić information content (AvgIpc) is 2.70. The van der Waals surface area contributed by atoms with Gasteiger partial charge in [-0.05, 0) is 57.3 Å². The first kappa shape index (κ1) is 22.3. The summed E-state index contributed by atoms with van der Waals surface area (Å²) in [5, 5.41) is 5.76. The standard InChI is InChI=1S/C21H26N2O5S/c1-5-26-17-12-14(13-18(27-6-2)19(17)28-7-3)20(24)23-21(29)22-15-10-8-9-11-16(15)25-4/h8-13H,5-7H2,1-4H3,(H2,22,23,24,29). The van der Waals surface area contributed by atoms with Gasteiger partial charge in [-0.3, -0.25) is 10.1 Å². The van der Waals surface area contributed by atoms with Crippen molar-refractivity contribution in [2.24, 2.45) is 0 Å². The van der Waals surface area contributed by atoms with Crippen LogP contribution >= 0.6 is 12.2 Å². The lowest BCUT2D eigenvalue weighted by Crippen LogP contribution is -2.34. The number of ether oxygens (including phenoxy) is 4. The van der Waals surface area contributed by atoms with E-state index in [1.807, 2.05) is 32.9 Å². The van der Waals surface area contributed by atoms with Gasteiger partial charge in [0.2, 0.25) is 5.75 Å². The average molecular weight is 419 g/mol. The van der Waals surface area contributed by atoms with Crippen LogP contribution in [-0.4, -0.2) is 38.0 Å². The number of nitrogens with one attached hydrogen (secondary N) is 2. The minimum absolute atomic E-state index is 0.143. The molecule has 0 unspecified atom stereocenters. The Morgan fingerprint density at radius 3 is 2.07 bits per heavy atom. The number of thiocarbonyl (C=S) groups is 1. The molecule has 7 nitrogen and oxygen atoms in total. The van der Waals surface area contributed by atoms with E-state index >= 15 is 0 Å². The maximum atomic E-state index is 12.8. The summed E-state index contributed by atoms with van der Waals surface area (Å²) < 4.78 is 22.2. The number of methoxy groups -OCH3 is 1. The minimum atomic E-state index is -0.401. The molecule has 0 atom stereocenters. The lowest BCUT2D eigenvalue weighted by Gasteiger charge is -2.17. The highest BCUT2D eigenvalue weighted by molar-refractivity contribution is 7.80. The molecule has 0 aliphatic carbocycles. The van der Waals surface area contributed by atoms with Crippen LogP contribution in [0.3, 0.4) is 0 Å². The van der Waals surface area contributed by atoms with Crippen LogP contribution in [-0.2, 0) is 0 Å². The van der Waals surface area contributed by atoms with Crippen LogP contribution in [0.1, 0.15) is 31.1 Å². The Morgan fingerprint density at radius 1 is 0.931 bits per heavy atom. The second-order valence-electron chi connectivity index (χ2n) is 5.71. The topological polar surface area (TPSA) is 78.1 Å². The predicted molar refractivity (Wildman–Crippen MR) is 117 cm³/mol. The quantitative estimate of drug-likeness (QED) is 0.596. The van der Waals surface area contributed by atoms with Crippen LogP contribution in [0.4, 0.5) is 5.69 Å². The van der Waals surface area contributed by atoms with E-state index in [1.165, 1.54) is 0 Å². The van der Waals surface area contributed by atoms with E-state index in [1.54, 1.807) is 31.4 Å². The summed E-state index contributed by atoms with van der Waals surface area (Å²) in [6, 6.07) is 10.5. The Bertz CT molecular complexity index is 830. The van der Waals surface area contributed by atoms with Gasteiger partial charge in [0.1, 0.15) is 5.75 Å². The summed E-state index contributed by atoms with van der Waals surface area (Å²) in [7, 11) is 1.56. The maximum absolute atomic E-state index is 12.8. The van der Waals surface area contributed by atoms with Gasteiger partial charge < -0.3 is 24.3 Å². The predicted octanol–water partition coefficient (Wildman–Crippen LogP) is 4.02. The van der Waals surface area contributed by atoms with Crippen molar-refractivity contribution in [3.8, 4) is 23.0 Å². The first-order valence-corrected chi connectivity index (χ1v) is 9.76. The van der Waals surface area contributed by atoms with E-state index in [0.717, 1.165) is 0 Å². The number of anilines is 1. The molecule has 0 heterocycles. The van der Waals surface area contributed by atoms with Gasteiger partial charge in [0.25, 0.3) is 5.91 Å². The fraction of sp³-hybridized carbons (Fsp3) is 0.333. The van der Waals surface area contributed by atoms with Crippen molar-refractivity contribution in [1.82, 2.24) is 5.32 Å². The van der Waals surface area contributed by atoms with Gasteiger partial charge in [-0.15, -0.1) is 0 Å². The number of amides is 1. The van der Waals surface area contributed by atoms with E-state index in [2.05, 4.69) is 10.6 Å². The summed E-state index contributed by atoms with van der Waals surface area (Å²) >= 11 is 5.27. The molecule has 0 fully saturated rings. The second-order valence-corrected chi connectivity index (χ2v) is 6.12. The van der Waals surface area contributed by atoms with E-state index < -0.39 is 5.91 Å². The van der Waals surface area contributed by atoms with Gasteiger partial charge in [0.05, 0.1) is 32.6 Å². The van der Waals surface area contributed by atoms with Gasteiger partial charge >= 0.3 is 0 Å². The van der Waals surface area contributed by atoms with Gasteiger partial charge in [-0.25, -0.2) is 0 Å². The number of benzene rings is 2. The van der Waals surface area contributed by atoms with Crippen molar-refractivity contribution >= 4 is 28.9 Å². The third-order valence-corrected chi connectivity index (χ3v) is 3.96. The number of para-hydroxylation sites is 2. The molecule has 0 saturated heterocycles. The number of carbonyl (C=O) groups is 1. The summed E-state index contributed by atoms with van der Waals surface area (Å²) in [4.78, 5) is 12.8. The van der Waals surface area contributed by atoms with Crippen molar-refractivity contribution in [3.63, 3.8) is 0 Å². The molecule has 156 valence electrons. The molecule has 2 N–H and O–H groups in total. The fourth-order valence-electron chi connectivity index (χ4n) is 2.60. The molecular weight excluding hydrogens is 392 g/mol. The highest BCUT2D eigenvalue weighted by atomic mass is 32.1. The Labute approximate surface area is 176 Å². The molecule has 2 aromatic rings. The molecule has 0 radical (unpaired) electrons. The summed E-state index contributed by atoms with van der Waals surface area (Å²) in [5.41, 5.74) is 0.988. The maximum Gasteiger partial charge on any atom is 0.257 e. The lowest BCUT2D eigenvalue weighted by molar-refractivity contribution is 0.0976. The monoisotopic (exact) mass is 418 g/mol. The highest BCUT2D eigenvalue weighted by Crippen LogP contribution is 2.39. The highest BCUT2D eigenvalue weighted by Gasteiger charge is 2.19.